The zero-order valence-corrected chi connectivity index (χ0v) is 18.4. The van der Waals surface area contributed by atoms with Crippen LogP contribution in [0.2, 0.25) is 0 Å². The third kappa shape index (κ3) is 8.24. The molecule has 26 heavy (non-hydrogen) atoms. The molecular weight excluding hydrogens is 447 g/mol. The molecule has 0 amide bonds. The van der Waals surface area contributed by atoms with Crippen LogP contribution in [-0.4, -0.2) is 71.0 Å². The number of nitrogens with one attached hydrogen (secondary N) is 2. The molecule has 8 heteroatoms. The summed E-state index contributed by atoms with van der Waals surface area (Å²) in [6.45, 7) is 3.86. The third-order valence-electron chi connectivity index (χ3n) is 4.27. The van der Waals surface area contributed by atoms with Gasteiger partial charge in [-0.15, -0.1) is 24.0 Å². The third-order valence-corrected chi connectivity index (χ3v) is 4.27. The molecule has 1 fully saturated rings. The van der Waals surface area contributed by atoms with E-state index in [0.29, 0.717) is 12.7 Å². The average Bonchev–Trinajstić information content (AvgIpc) is 3.29. The number of hydrogen-bond donors (Lipinski definition) is 2. The van der Waals surface area contributed by atoms with Gasteiger partial charge in [0.2, 0.25) is 0 Å². The fourth-order valence-electron chi connectivity index (χ4n) is 2.80. The molecule has 2 N–H and O–H groups in total. The van der Waals surface area contributed by atoms with E-state index < -0.39 is 0 Å². The summed E-state index contributed by atoms with van der Waals surface area (Å²) in [6.07, 6.45) is 5.21. The normalized spacial score (nSPS) is 18.6. The molecule has 0 radical (unpaired) electrons. The summed E-state index contributed by atoms with van der Waals surface area (Å²) in [7, 11) is 5.85. The van der Waals surface area contributed by atoms with Crippen molar-refractivity contribution in [1.82, 2.24) is 15.5 Å². The van der Waals surface area contributed by atoms with Crippen LogP contribution < -0.4 is 10.6 Å². The molecule has 0 aliphatic carbocycles. The molecule has 1 aromatic heterocycles. The molecule has 0 spiro atoms. The van der Waals surface area contributed by atoms with E-state index in [9.17, 15) is 0 Å². The molecule has 1 aromatic rings. The van der Waals surface area contributed by atoms with Crippen molar-refractivity contribution in [3.8, 4) is 0 Å². The van der Waals surface area contributed by atoms with Crippen molar-refractivity contribution in [1.29, 1.82) is 0 Å². The number of hydrogen-bond acceptors (Lipinski definition) is 5. The molecule has 2 heterocycles. The maximum atomic E-state index is 5.67. The number of halogens is 1. The Morgan fingerprint density at radius 2 is 2.27 bits per heavy atom. The smallest absolute Gasteiger partial charge is 0.191 e. The zero-order valence-electron chi connectivity index (χ0n) is 16.1. The highest BCUT2D eigenvalue weighted by Gasteiger charge is 2.17. The van der Waals surface area contributed by atoms with Gasteiger partial charge in [0.15, 0.2) is 5.96 Å². The Balaban J connectivity index is 0.00000338. The maximum absolute atomic E-state index is 5.67. The Bertz CT molecular complexity index is 491. The molecule has 2 unspecified atom stereocenters. The lowest BCUT2D eigenvalue weighted by Gasteiger charge is -2.23. The van der Waals surface area contributed by atoms with Crippen LogP contribution >= 0.6 is 24.0 Å². The molecule has 1 aliphatic rings. The molecule has 1 saturated heterocycles. The van der Waals surface area contributed by atoms with Crippen LogP contribution in [0.1, 0.15) is 31.1 Å². The first-order valence-electron chi connectivity index (χ1n) is 9.04. The summed E-state index contributed by atoms with van der Waals surface area (Å²) >= 11 is 0. The molecule has 0 bridgehead atoms. The highest BCUT2D eigenvalue weighted by molar-refractivity contribution is 14.0. The van der Waals surface area contributed by atoms with E-state index in [-0.39, 0.29) is 30.0 Å². The van der Waals surface area contributed by atoms with Gasteiger partial charge in [0, 0.05) is 33.4 Å². The van der Waals surface area contributed by atoms with Gasteiger partial charge in [-0.05, 0) is 45.5 Å². The molecule has 0 aromatic carbocycles. The van der Waals surface area contributed by atoms with Crippen molar-refractivity contribution in [2.75, 3.05) is 54.1 Å². The monoisotopic (exact) mass is 480 g/mol. The molecular formula is C18H33IN4O3. The highest BCUT2D eigenvalue weighted by Crippen LogP contribution is 2.17. The van der Waals surface area contributed by atoms with Crippen LogP contribution in [0.25, 0.3) is 0 Å². The van der Waals surface area contributed by atoms with Gasteiger partial charge in [0.1, 0.15) is 5.76 Å². The van der Waals surface area contributed by atoms with Crippen molar-refractivity contribution >= 4 is 29.9 Å². The predicted molar refractivity (Wildman–Crippen MR) is 114 cm³/mol. The standard InChI is InChI=1S/C18H32N4O3.HI/c1-19-18(20-9-6-10-23-14-15-7-4-11-24-15)21-13-16(22(2)3)17-8-5-12-25-17;/h5,8,12,15-16H,4,6-7,9-11,13-14H2,1-3H3,(H2,19,20,21);1H. The van der Waals surface area contributed by atoms with E-state index in [1.165, 1.54) is 0 Å². The maximum Gasteiger partial charge on any atom is 0.191 e. The number of guanidine groups is 1. The Labute approximate surface area is 173 Å². The minimum atomic E-state index is 0. The molecule has 0 saturated carbocycles. The van der Waals surface area contributed by atoms with Gasteiger partial charge in [-0.3, -0.25) is 9.89 Å². The van der Waals surface area contributed by atoms with Gasteiger partial charge in [0.05, 0.1) is 25.0 Å². The molecule has 2 atom stereocenters. The van der Waals surface area contributed by atoms with Crippen LogP contribution in [0.3, 0.4) is 0 Å². The van der Waals surface area contributed by atoms with Crippen LogP contribution in [0, 0.1) is 0 Å². The van der Waals surface area contributed by atoms with Crippen molar-refractivity contribution in [2.45, 2.75) is 31.4 Å². The van der Waals surface area contributed by atoms with Gasteiger partial charge < -0.3 is 24.5 Å². The number of likely N-dealkylation sites (N-methyl/N-ethyl adjacent to an activating group) is 1. The summed E-state index contributed by atoms with van der Waals surface area (Å²) in [4.78, 5) is 6.39. The summed E-state index contributed by atoms with van der Waals surface area (Å²) in [5, 5.41) is 6.67. The van der Waals surface area contributed by atoms with Gasteiger partial charge >= 0.3 is 0 Å². The summed E-state index contributed by atoms with van der Waals surface area (Å²) in [5.41, 5.74) is 0. The number of furan rings is 1. The molecule has 1 aliphatic heterocycles. The summed E-state index contributed by atoms with van der Waals surface area (Å²) in [5.74, 6) is 1.73. The van der Waals surface area contributed by atoms with Crippen LogP contribution in [-0.2, 0) is 9.47 Å². The van der Waals surface area contributed by atoms with E-state index >= 15 is 0 Å². The lowest BCUT2D eigenvalue weighted by molar-refractivity contribution is 0.0168. The quantitative estimate of drug-likeness (QED) is 0.232. The van der Waals surface area contributed by atoms with Gasteiger partial charge in [-0.25, -0.2) is 0 Å². The fraction of sp³-hybridized carbons (Fsp3) is 0.722. The van der Waals surface area contributed by atoms with E-state index in [0.717, 1.165) is 57.3 Å². The minimum absolute atomic E-state index is 0. The van der Waals surface area contributed by atoms with E-state index in [1.54, 1.807) is 13.3 Å². The molecule has 7 nitrogen and oxygen atoms in total. The van der Waals surface area contributed by atoms with E-state index in [1.807, 2.05) is 26.2 Å². The number of ether oxygens (including phenoxy) is 2. The van der Waals surface area contributed by atoms with Crippen LogP contribution in [0.5, 0.6) is 0 Å². The topological polar surface area (TPSA) is 71.3 Å². The summed E-state index contributed by atoms with van der Waals surface area (Å²) in [6, 6.07) is 4.06. The van der Waals surface area contributed by atoms with E-state index in [2.05, 4.69) is 20.5 Å². The second-order valence-electron chi connectivity index (χ2n) is 6.44. The van der Waals surface area contributed by atoms with Crippen molar-refractivity contribution in [2.24, 2.45) is 4.99 Å². The first-order chi connectivity index (χ1) is 12.2. The lowest BCUT2D eigenvalue weighted by Crippen LogP contribution is -2.42. The Morgan fingerprint density at radius 3 is 2.88 bits per heavy atom. The molecule has 2 rings (SSSR count). The fourth-order valence-corrected chi connectivity index (χ4v) is 2.80. The summed E-state index contributed by atoms with van der Waals surface area (Å²) < 4.78 is 16.7. The Hall–Kier alpha value is -0.840. The largest absolute Gasteiger partial charge is 0.468 e. The van der Waals surface area contributed by atoms with E-state index in [4.69, 9.17) is 13.9 Å². The average molecular weight is 480 g/mol. The second kappa shape index (κ2) is 13.3. The Morgan fingerprint density at radius 1 is 1.42 bits per heavy atom. The van der Waals surface area contributed by atoms with Crippen molar-refractivity contribution < 1.29 is 13.9 Å². The molecule has 150 valence electrons. The van der Waals surface area contributed by atoms with Crippen LogP contribution in [0.4, 0.5) is 0 Å². The number of rotatable bonds is 10. The second-order valence-corrected chi connectivity index (χ2v) is 6.44. The first kappa shape index (κ1) is 23.2. The van der Waals surface area contributed by atoms with Gasteiger partial charge in [0.25, 0.3) is 0 Å². The van der Waals surface area contributed by atoms with Gasteiger partial charge in [-0.1, -0.05) is 0 Å². The number of nitrogens with zero attached hydrogens (tertiary/aromatic N) is 2. The van der Waals surface area contributed by atoms with Crippen LogP contribution in [0.15, 0.2) is 27.8 Å². The highest BCUT2D eigenvalue weighted by atomic mass is 127. The minimum Gasteiger partial charge on any atom is -0.468 e. The lowest BCUT2D eigenvalue weighted by atomic mass is 10.2. The number of aliphatic imine (C=N–C) groups is 1. The SMILES string of the molecule is CN=C(NCCCOCC1CCCO1)NCC(c1ccco1)N(C)C.I. The predicted octanol–water partition coefficient (Wildman–Crippen LogP) is 2.25. The van der Waals surface area contributed by atoms with Crippen molar-refractivity contribution in [3.63, 3.8) is 0 Å². The van der Waals surface area contributed by atoms with Gasteiger partial charge in [-0.2, -0.15) is 0 Å². The first-order valence-corrected chi connectivity index (χ1v) is 9.04. The zero-order chi connectivity index (χ0) is 17.9. The van der Waals surface area contributed by atoms with Crippen molar-refractivity contribution in [3.05, 3.63) is 24.2 Å². The Kier molecular flexibility index (Phi) is 11.9.